The standard InChI is InChI=1S/C13H23N3O/c1-13(7-10-4-5-10)9-15-12(14)16(13)8-11-3-2-6-17-11/h10-11H,2-9H2,1H3,(H2,14,15). The number of rotatable bonds is 4. The topological polar surface area (TPSA) is 50.8 Å². The van der Waals surface area contributed by atoms with E-state index in [1.807, 2.05) is 0 Å². The van der Waals surface area contributed by atoms with E-state index in [9.17, 15) is 0 Å². The van der Waals surface area contributed by atoms with Crippen LogP contribution in [0.1, 0.15) is 39.0 Å². The maximum atomic E-state index is 6.05. The summed E-state index contributed by atoms with van der Waals surface area (Å²) in [5.74, 6) is 1.64. The number of hydrogen-bond acceptors (Lipinski definition) is 4. The minimum Gasteiger partial charge on any atom is -0.376 e. The van der Waals surface area contributed by atoms with Crippen LogP contribution in [-0.4, -0.2) is 42.2 Å². The lowest BCUT2D eigenvalue weighted by molar-refractivity contribution is 0.0660. The van der Waals surface area contributed by atoms with Crippen molar-refractivity contribution in [3.8, 4) is 0 Å². The first-order chi connectivity index (χ1) is 8.17. The van der Waals surface area contributed by atoms with E-state index in [1.54, 1.807) is 0 Å². The summed E-state index contributed by atoms with van der Waals surface area (Å²) in [6.07, 6.45) is 6.75. The minimum atomic E-state index is 0.150. The van der Waals surface area contributed by atoms with Crippen molar-refractivity contribution in [1.82, 2.24) is 4.90 Å². The Labute approximate surface area is 103 Å². The van der Waals surface area contributed by atoms with Gasteiger partial charge in [0.2, 0.25) is 0 Å². The molecule has 3 rings (SSSR count). The van der Waals surface area contributed by atoms with Gasteiger partial charge in [-0.3, -0.25) is 4.99 Å². The minimum absolute atomic E-state index is 0.150. The summed E-state index contributed by atoms with van der Waals surface area (Å²) in [6.45, 7) is 5.01. The zero-order valence-corrected chi connectivity index (χ0v) is 10.7. The summed E-state index contributed by atoms with van der Waals surface area (Å²) < 4.78 is 5.72. The molecule has 3 aliphatic rings. The summed E-state index contributed by atoms with van der Waals surface area (Å²) in [7, 11) is 0. The van der Waals surface area contributed by atoms with Gasteiger partial charge in [-0.05, 0) is 32.1 Å². The Kier molecular flexibility index (Phi) is 2.77. The van der Waals surface area contributed by atoms with E-state index in [-0.39, 0.29) is 5.54 Å². The molecule has 4 nitrogen and oxygen atoms in total. The molecule has 0 aromatic rings. The Morgan fingerprint density at radius 2 is 2.29 bits per heavy atom. The molecule has 2 unspecified atom stereocenters. The molecule has 2 heterocycles. The van der Waals surface area contributed by atoms with E-state index >= 15 is 0 Å². The second-order valence-electron chi connectivity index (χ2n) is 6.06. The van der Waals surface area contributed by atoms with E-state index in [4.69, 9.17) is 10.5 Å². The summed E-state index contributed by atoms with van der Waals surface area (Å²) >= 11 is 0. The zero-order chi connectivity index (χ0) is 11.9. The van der Waals surface area contributed by atoms with Crippen LogP contribution in [0, 0.1) is 5.92 Å². The Hall–Kier alpha value is -0.770. The van der Waals surface area contributed by atoms with Crippen molar-refractivity contribution in [2.24, 2.45) is 16.6 Å². The summed E-state index contributed by atoms with van der Waals surface area (Å²) in [5.41, 5.74) is 6.20. The number of aliphatic imine (C=N–C) groups is 1. The molecule has 2 aliphatic heterocycles. The first kappa shape index (κ1) is 11.3. The number of nitrogens with two attached hydrogens (primary N) is 1. The van der Waals surface area contributed by atoms with Gasteiger partial charge < -0.3 is 15.4 Å². The molecule has 17 heavy (non-hydrogen) atoms. The Bertz CT molecular complexity index is 321. The number of ether oxygens (including phenoxy) is 1. The lowest BCUT2D eigenvalue weighted by Gasteiger charge is -2.37. The highest BCUT2D eigenvalue weighted by molar-refractivity contribution is 5.81. The Morgan fingerprint density at radius 1 is 1.47 bits per heavy atom. The van der Waals surface area contributed by atoms with Crippen molar-refractivity contribution in [2.75, 3.05) is 19.7 Å². The van der Waals surface area contributed by atoms with Crippen molar-refractivity contribution in [1.29, 1.82) is 0 Å². The average molecular weight is 237 g/mol. The molecular weight excluding hydrogens is 214 g/mol. The second-order valence-corrected chi connectivity index (χ2v) is 6.06. The molecule has 0 aromatic carbocycles. The van der Waals surface area contributed by atoms with Gasteiger partial charge in [-0.1, -0.05) is 12.8 Å². The summed E-state index contributed by atoms with van der Waals surface area (Å²) in [6, 6.07) is 0. The first-order valence-electron chi connectivity index (χ1n) is 6.86. The van der Waals surface area contributed by atoms with Crippen LogP contribution in [-0.2, 0) is 4.74 Å². The van der Waals surface area contributed by atoms with E-state index in [0.717, 1.165) is 31.6 Å². The monoisotopic (exact) mass is 237 g/mol. The normalized spacial score (nSPS) is 37.6. The molecule has 2 atom stereocenters. The molecular formula is C13H23N3O. The molecule has 1 saturated heterocycles. The molecule has 0 spiro atoms. The highest BCUT2D eigenvalue weighted by Gasteiger charge is 2.43. The zero-order valence-electron chi connectivity index (χ0n) is 10.7. The van der Waals surface area contributed by atoms with E-state index in [1.165, 1.54) is 32.1 Å². The van der Waals surface area contributed by atoms with Crippen molar-refractivity contribution in [2.45, 2.75) is 50.7 Å². The number of guanidine groups is 1. The van der Waals surface area contributed by atoms with Crippen LogP contribution in [0.5, 0.6) is 0 Å². The van der Waals surface area contributed by atoms with Crippen LogP contribution in [0.2, 0.25) is 0 Å². The quantitative estimate of drug-likeness (QED) is 0.803. The van der Waals surface area contributed by atoms with Gasteiger partial charge in [-0.2, -0.15) is 0 Å². The molecule has 0 amide bonds. The third kappa shape index (κ3) is 2.28. The van der Waals surface area contributed by atoms with Crippen molar-refractivity contribution in [3.05, 3.63) is 0 Å². The maximum Gasteiger partial charge on any atom is 0.191 e. The Balaban J connectivity index is 1.66. The predicted octanol–water partition coefficient (Wildman–Crippen LogP) is 1.35. The lowest BCUT2D eigenvalue weighted by atomic mass is 9.93. The van der Waals surface area contributed by atoms with Crippen molar-refractivity contribution < 1.29 is 4.74 Å². The fourth-order valence-electron chi connectivity index (χ4n) is 3.12. The van der Waals surface area contributed by atoms with E-state index < -0.39 is 0 Å². The molecule has 96 valence electrons. The van der Waals surface area contributed by atoms with Gasteiger partial charge in [0.05, 0.1) is 18.2 Å². The second kappa shape index (κ2) is 4.16. The van der Waals surface area contributed by atoms with Crippen LogP contribution in [0.4, 0.5) is 0 Å². The van der Waals surface area contributed by atoms with Crippen LogP contribution in [0.25, 0.3) is 0 Å². The fourth-order valence-corrected chi connectivity index (χ4v) is 3.12. The van der Waals surface area contributed by atoms with Gasteiger partial charge in [0.1, 0.15) is 0 Å². The third-order valence-electron chi connectivity index (χ3n) is 4.35. The van der Waals surface area contributed by atoms with Crippen LogP contribution < -0.4 is 5.73 Å². The highest BCUT2D eigenvalue weighted by atomic mass is 16.5. The average Bonchev–Trinajstić information content (AvgIpc) is 2.87. The largest absolute Gasteiger partial charge is 0.376 e. The first-order valence-corrected chi connectivity index (χ1v) is 6.86. The molecule has 2 N–H and O–H groups in total. The van der Waals surface area contributed by atoms with Crippen molar-refractivity contribution >= 4 is 5.96 Å². The lowest BCUT2D eigenvalue weighted by Crippen LogP contribution is -2.52. The molecule has 4 heteroatoms. The molecule has 2 fully saturated rings. The SMILES string of the molecule is CC1(CC2CC2)CN=C(N)N1CC1CCCO1. The van der Waals surface area contributed by atoms with Gasteiger partial charge in [0, 0.05) is 13.2 Å². The van der Waals surface area contributed by atoms with Gasteiger partial charge in [0.25, 0.3) is 0 Å². The Morgan fingerprint density at radius 3 is 2.94 bits per heavy atom. The summed E-state index contributed by atoms with van der Waals surface area (Å²) in [4.78, 5) is 6.77. The van der Waals surface area contributed by atoms with Gasteiger partial charge in [-0.25, -0.2) is 0 Å². The molecule has 0 radical (unpaired) electrons. The smallest absolute Gasteiger partial charge is 0.191 e. The van der Waals surface area contributed by atoms with Gasteiger partial charge >= 0.3 is 0 Å². The molecule has 0 aromatic heterocycles. The number of nitrogens with zero attached hydrogens (tertiary/aromatic N) is 2. The van der Waals surface area contributed by atoms with Gasteiger partial charge in [0.15, 0.2) is 5.96 Å². The van der Waals surface area contributed by atoms with Crippen LogP contribution >= 0.6 is 0 Å². The fraction of sp³-hybridized carbons (Fsp3) is 0.923. The van der Waals surface area contributed by atoms with Crippen molar-refractivity contribution in [3.63, 3.8) is 0 Å². The summed E-state index contributed by atoms with van der Waals surface area (Å²) in [5, 5.41) is 0. The predicted molar refractivity (Wildman–Crippen MR) is 67.9 cm³/mol. The van der Waals surface area contributed by atoms with E-state index in [0.29, 0.717) is 6.10 Å². The highest BCUT2D eigenvalue weighted by Crippen LogP contribution is 2.40. The van der Waals surface area contributed by atoms with Crippen LogP contribution in [0.15, 0.2) is 4.99 Å². The van der Waals surface area contributed by atoms with Crippen LogP contribution in [0.3, 0.4) is 0 Å². The van der Waals surface area contributed by atoms with E-state index in [2.05, 4.69) is 16.8 Å². The molecule has 0 bridgehead atoms. The number of hydrogen-bond donors (Lipinski definition) is 1. The maximum absolute atomic E-state index is 6.05. The molecule has 1 aliphatic carbocycles. The third-order valence-corrected chi connectivity index (χ3v) is 4.35. The van der Waals surface area contributed by atoms with Gasteiger partial charge in [-0.15, -0.1) is 0 Å². The molecule has 1 saturated carbocycles.